The Kier molecular flexibility index (Phi) is 8.55. The van der Waals surface area contributed by atoms with Crippen molar-refractivity contribution in [3.05, 3.63) is 35.9 Å². The molecule has 2 heterocycles. The zero-order valence-corrected chi connectivity index (χ0v) is 18.9. The predicted octanol–water partition coefficient (Wildman–Crippen LogP) is 2.85. The van der Waals surface area contributed by atoms with Crippen LogP contribution in [-0.2, 0) is 11.3 Å². The number of nitrogens with zero attached hydrogens (tertiary/aromatic N) is 3. The van der Waals surface area contributed by atoms with Crippen LogP contribution in [0.25, 0.3) is 0 Å². The summed E-state index contributed by atoms with van der Waals surface area (Å²) in [6.45, 7) is 11.8. The quantitative estimate of drug-likeness (QED) is 0.533. The maximum absolute atomic E-state index is 11.9. The second-order valence-corrected chi connectivity index (χ2v) is 8.87. The van der Waals surface area contributed by atoms with E-state index < -0.39 is 0 Å². The number of hydrogen-bond acceptors (Lipinski definition) is 3. The standard InChI is InChI=1S/C24H39N5O/c1-4-25-24(26-14-12-23(30)27-19(2)3)29-16-13-22-21(18-29)11-8-15-28(22)17-20-9-6-5-7-10-20/h5-7,9-10,19,21-22H,4,8,11-18H2,1-3H3,(H,25,26)(H,27,30). The smallest absolute Gasteiger partial charge is 0.222 e. The van der Waals surface area contributed by atoms with Gasteiger partial charge in [0.15, 0.2) is 5.96 Å². The summed E-state index contributed by atoms with van der Waals surface area (Å²) in [6, 6.07) is 11.7. The highest BCUT2D eigenvalue weighted by Crippen LogP contribution is 2.31. The van der Waals surface area contributed by atoms with E-state index in [2.05, 4.69) is 57.7 Å². The van der Waals surface area contributed by atoms with Crippen molar-refractivity contribution in [3.8, 4) is 0 Å². The van der Waals surface area contributed by atoms with E-state index in [1.807, 2.05) is 13.8 Å². The molecular formula is C24H39N5O. The second-order valence-electron chi connectivity index (χ2n) is 8.87. The molecule has 1 aromatic carbocycles. The lowest BCUT2D eigenvalue weighted by Gasteiger charge is -2.48. The molecule has 6 nitrogen and oxygen atoms in total. The fraction of sp³-hybridized carbons (Fsp3) is 0.667. The molecule has 3 rings (SSSR count). The summed E-state index contributed by atoms with van der Waals surface area (Å²) in [4.78, 5) is 21.8. The van der Waals surface area contributed by atoms with Gasteiger partial charge >= 0.3 is 0 Å². The van der Waals surface area contributed by atoms with Crippen LogP contribution in [0.1, 0.15) is 52.0 Å². The highest BCUT2D eigenvalue weighted by molar-refractivity contribution is 5.81. The van der Waals surface area contributed by atoms with Crippen molar-refractivity contribution in [2.24, 2.45) is 10.9 Å². The molecule has 30 heavy (non-hydrogen) atoms. The largest absolute Gasteiger partial charge is 0.357 e. The van der Waals surface area contributed by atoms with E-state index in [4.69, 9.17) is 4.99 Å². The van der Waals surface area contributed by atoms with Gasteiger partial charge in [-0.25, -0.2) is 0 Å². The summed E-state index contributed by atoms with van der Waals surface area (Å²) < 4.78 is 0. The maximum atomic E-state index is 11.9. The number of rotatable bonds is 7. The Hall–Kier alpha value is -2.08. The summed E-state index contributed by atoms with van der Waals surface area (Å²) in [6.07, 6.45) is 4.18. The highest BCUT2D eigenvalue weighted by Gasteiger charge is 2.36. The molecule has 2 aliphatic rings. The first-order valence-electron chi connectivity index (χ1n) is 11.7. The lowest BCUT2D eigenvalue weighted by molar-refractivity contribution is -0.121. The van der Waals surface area contributed by atoms with Gasteiger partial charge in [0.25, 0.3) is 0 Å². The van der Waals surface area contributed by atoms with Gasteiger partial charge < -0.3 is 15.5 Å². The number of nitrogens with one attached hydrogen (secondary N) is 2. The van der Waals surface area contributed by atoms with Crippen LogP contribution in [0.4, 0.5) is 0 Å². The SMILES string of the molecule is CCNC(=NCCC(=O)NC(C)C)N1CCC2C(CCCN2Cc2ccccc2)C1. The number of benzene rings is 1. The van der Waals surface area contributed by atoms with Crippen molar-refractivity contribution in [3.63, 3.8) is 0 Å². The average molecular weight is 414 g/mol. The summed E-state index contributed by atoms with van der Waals surface area (Å²) >= 11 is 0. The third-order valence-corrected chi connectivity index (χ3v) is 6.10. The first-order chi connectivity index (χ1) is 14.6. The monoisotopic (exact) mass is 413 g/mol. The molecule has 0 bridgehead atoms. The molecule has 1 aromatic rings. The molecule has 2 aliphatic heterocycles. The Balaban J connectivity index is 1.57. The van der Waals surface area contributed by atoms with Crippen LogP contribution in [0.5, 0.6) is 0 Å². The lowest BCUT2D eigenvalue weighted by atomic mass is 9.83. The number of carbonyl (C=O) groups excluding carboxylic acids is 1. The van der Waals surface area contributed by atoms with E-state index in [1.165, 1.54) is 31.4 Å². The number of fused-ring (bicyclic) bond motifs is 1. The minimum atomic E-state index is 0.0761. The van der Waals surface area contributed by atoms with Crippen LogP contribution >= 0.6 is 0 Å². The summed E-state index contributed by atoms with van der Waals surface area (Å²) in [5.41, 5.74) is 1.41. The molecule has 2 atom stereocenters. The van der Waals surface area contributed by atoms with Crippen molar-refractivity contribution in [1.29, 1.82) is 0 Å². The van der Waals surface area contributed by atoms with Crippen molar-refractivity contribution >= 4 is 11.9 Å². The van der Waals surface area contributed by atoms with E-state index in [0.29, 0.717) is 24.9 Å². The van der Waals surface area contributed by atoms with Crippen molar-refractivity contribution in [2.45, 2.75) is 65.1 Å². The topological polar surface area (TPSA) is 60.0 Å². The van der Waals surface area contributed by atoms with Crippen LogP contribution in [0.2, 0.25) is 0 Å². The Labute approximate surface area is 182 Å². The highest BCUT2D eigenvalue weighted by atomic mass is 16.1. The Morgan fingerprint density at radius 1 is 1.20 bits per heavy atom. The number of carbonyl (C=O) groups is 1. The van der Waals surface area contributed by atoms with E-state index in [0.717, 1.165) is 32.1 Å². The van der Waals surface area contributed by atoms with Gasteiger partial charge in [-0.15, -0.1) is 0 Å². The summed E-state index contributed by atoms with van der Waals surface area (Å²) in [5, 5.41) is 6.39. The van der Waals surface area contributed by atoms with Crippen molar-refractivity contribution in [2.75, 3.05) is 32.7 Å². The minimum Gasteiger partial charge on any atom is -0.357 e. The second kappa shape index (κ2) is 11.3. The van der Waals surface area contributed by atoms with Gasteiger partial charge in [-0.05, 0) is 58.1 Å². The molecule has 0 saturated carbocycles. The van der Waals surface area contributed by atoms with E-state index >= 15 is 0 Å². The van der Waals surface area contributed by atoms with E-state index in [9.17, 15) is 4.79 Å². The fourth-order valence-corrected chi connectivity index (χ4v) is 4.80. The fourth-order valence-electron chi connectivity index (χ4n) is 4.80. The Morgan fingerprint density at radius 3 is 2.73 bits per heavy atom. The molecule has 2 fully saturated rings. The molecule has 6 heteroatoms. The molecule has 2 unspecified atom stereocenters. The van der Waals surface area contributed by atoms with Gasteiger partial charge in [-0.2, -0.15) is 0 Å². The van der Waals surface area contributed by atoms with E-state index in [-0.39, 0.29) is 11.9 Å². The molecule has 1 amide bonds. The van der Waals surface area contributed by atoms with Gasteiger partial charge in [0, 0.05) is 44.7 Å². The number of hydrogen-bond donors (Lipinski definition) is 2. The molecule has 2 saturated heterocycles. The van der Waals surface area contributed by atoms with Crippen LogP contribution < -0.4 is 10.6 Å². The molecule has 2 N–H and O–H groups in total. The maximum Gasteiger partial charge on any atom is 0.222 e. The number of guanidine groups is 1. The van der Waals surface area contributed by atoms with Gasteiger partial charge in [-0.3, -0.25) is 14.7 Å². The molecule has 0 aromatic heterocycles. The van der Waals surface area contributed by atoms with Crippen LogP contribution in [0.3, 0.4) is 0 Å². The zero-order chi connectivity index (χ0) is 21.3. The molecule has 0 aliphatic carbocycles. The zero-order valence-electron chi connectivity index (χ0n) is 18.9. The first-order valence-corrected chi connectivity index (χ1v) is 11.7. The lowest BCUT2D eigenvalue weighted by Crippen LogP contribution is -2.56. The number of amides is 1. The van der Waals surface area contributed by atoms with E-state index in [1.54, 1.807) is 0 Å². The Morgan fingerprint density at radius 2 is 2.00 bits per heavy atom. The predicted molar refractivity (Wildman–Crippen MR) is 123 cm³/mol. The minimum absolute atomic E-state index is 0.0761. The van der Waals surface area contributed by atoms with Gasteiger partial charge in [-0.1, -0.05) is 30.3 Å². The average Bonchev–Trinajstić information content (AvgIpc) is 2.73. The van der Waals surface area contributed by atoms with Crippen LogP contribution in [0, 0.1) is 5.92 Å². The molecule has 0 radical (unpaired) electrons. The normalized spacial score (nSPS) is 22.7. The van der Waals surface area contributed by atoms with Crippen molar-refractivity contribution in [1.82, 2.24) is 20.4 Å². The van der Waals surface area contributed by atoms with Crippen LogP contribution in [-0.4, -0.2) is 66.5 Å². The summed E-state index contributed by atoms with van der Waals surface area (Å²) in [5.74, 6) is 1.73. The molecule has 0 spiro atoms. The van der Waals surface area contributed by atoms with Gasteiger partial charge in [0.05, 0.1) is 6.54 Å². The number of aliphatic imine (C=N–C) groups is 1. The Bertz CT molecular complexity index is 690. The number of likely N-dealkylation sites (tertiary alicyclic amines) is 2. The van der Waals surface area contributed by atoms with Crippen LogP contribution in [0.15, 0.2) is 35.3 Å². The van der Waals surface area contributed by atoms with Gasteiger partial charge in [0.1, 0.15) is 0 Å². The van der Waals surface area contributed by atoms with Gasteiger partial charge in [0.2, 0.25) is 5.91 Å². The third-order valence-electron chi connectivity index (χ3n) is 6.10. The number of piperidine rings is 2. The summed E-state index contributed by atoms with van der Waals surface area (Å²) in [7, 11) is 0. The van der Waals surface area contributed by atoms with Crippen molar-refractivity contribution < 1.29 is 4.79 Å². The first kappa shape index (κ1) is 22.6. The third kappa shape index (κ3) is 6.46. The molecule has 166 valence electrons. The molecular weight excluding hydrogens is 374 g/mol.